The van der Waals surface area contributed by atoms with Gasteiger partial charge >= 0.3 is 0 Å². The third-order valence-corrected chi connectivity index (χ3v) is 3.85. The smallest absolute Gasteiger partial charge is 0.253 e. The summed E-state index contributed by atoms with van der Waals surface area (Å²) in [5.74, 6) is 0.851. The molecule has 2 rings (SSSR count). The molecule has 1 N–H and O–H groups in total. The maximum atomic E-state index is 12.3. The van der Waals surface area contributed by atoms with Crippen molar-refractivity contribution in [2.24, 2.45) is 5.92 Å². The van der Waals surface area contributed by atoms with Gasteiger partial charge in [0.1, 0.15) is 0 Å². The summed E-state index contributed by atoms with van der Waals surface area (Å²) in [7, 11) is 3.80. The molecule has 0 saturated heterocycles. The van der Waals surface area contributed by atoms with Gasteiger partial charge < -0.3 is 10.2 Å². The monoisotopic (exact) mass is 246 g/mol. The molecule has 0 radical (unpaired) electrons. The van der Waals surface area contributed by atoms with Gasteiger partial charge in [-0.25, -0.2) is 0 Å². The van der Waals surface area contributed by atoms with Crippen molar-refractivity contribution in [3.8, 4) is 0 Å². The number of hydrogen-bond donors (Lipinski definition) is 1. The van der Waals surface area contributed by atoms with Crippen molar-refractivity contribution in [2.75, 3.05) is 26.0 Å². The molecule has 0 spiro atoms. The molecule has 1 aliphatic rings. The predicted octanol–water partition coefficient (Wildman–Crippen LogP) is 2.91. The molecule has 1 amide bonds. The Labute approximate surface area is 109 Å². The summed E-state index contributed by atoms with van der Waals surface area (Å²) in [5, 5.41) is 3.12. The van der Waals surface area contributed by atoms with E-state index in [-0.39, 0.29) is 5.91 Å². The van der Waals surface area contributed by atoms with Crippen molar-refractivity contribution in [3.05, 3.63) is 29.3 Å². The summed E-state index contributed by atoms with van der Waals surface area (Å²) >= 11 is 0. The summed E-state index contributed by atoms with van der Waals surface area (Å²) in [5.41, 5.74) is 2.97. The first-order valence-electron chi connectivity index (χ1n) is 6.65. The third kappa shape index (κ3) is 2.66. The molecule has 1 aromatic rings. The number of rotatable bonds is 4. The van der Waals surface area contributed by atoms with Crippen LogP contribution in [0.5, 0.6) is 0 Å². The van der Waals surface area contributed by atoms with E-state index in [9.17, 15) is 4.79 Å². The second kappa shape index (κ2) is 5.42. The highest BCUT2D eigenvalue weighted by Gasteiger charge is 2.22. The number of nitrogens with zero attached hydrogens (tertiary/aromatic N) is 1. The Morgan fingerprint density at radius 1 is 1.44 bits per heavy atom. The first-order valence-corrected chi connectivity index (χ1v) is 6.65. The number of amides is 1. The van der Waals surface area contributed by atoms with E-state index in [4.69, 9.17) is 0 Å². The first kappa shape index (κ1) is 12.9. The Bertz CT molecular complexity index is 438. The molecule has 1 aliphatic carbocycles. The van der Waals surface area contributed by atoms with Crippen LogP contribution in [0, 0.1) is 12.8 Å². The standard InChI is InChI=1S/C15H22N2O/c1-11-9-13(7-8-14(11)16-2)15(18)17(3)10-12-5-4-6-12/h7-9,12,16H,4-6,10H2,1-3H3. The van der Waals surface area contributed by atoms with Crippen molar-refractivity contribution in [2.45, 2.75) is 26.2 Å². The van der Waals surface area contributed by atoms with Crippen LogP contribution < -0.4 is 5.32 Å². The van der Waals surface area contributed by atoms with E-state index >= 15 is 0 Å². The summed E-state index contributed by atoms with van der Waals surface area (Å²) in [4.78, 5) is 14.1. The van der Waals surface area contributed by atoms with Crippen LogP contribution in [-0.4, -0.2) is 31.4 Å². The molecular formula is C15H22N2O. The van der Waals surface area contributed by atoms with Gasteiger partial charge in [-0.15, -0.1) is 0 Å². The number of carbonyl (C=O) groups is 1. The molecule has 0 atom stereocenters. The quantitative estimate of drug-likeness (QED) is 0.886. The number of hydrogen-bond acceptors (Lipinski definition) is 2. The molecular weight excluding hydrogens is 224 g/mol. The summed E-state index contributed by atoms with van der Waals surface area (Å²) in [6.07, 6.45) is 3.87. The zero-order chi connectivity index (χ0) is 13.1. The van der Waals surface area contributed by atoms with Crippen molar-refractivity contribution in [3.63, 3.8) is 0 Å². The summed E-state index contributed by atoms with van der Waals surface area (Å²) in [6.45, 7) is 2.92. The largest absolute Gasteiger partial charge is 0.388 e. The van der Waals surface area contributed by atoms with E-state index in [1.54, 1.807) is 0 Å². The fourth-order valence-corrected chi connectivity index (χ4v) is 2.44. The molecule has 1 saturated carbocycles. The number of aryl methyl sites for hydroxylation is 1. The lowest BCUT2D eigenvalue weighted by Crippen LogP contribution is -2.34. The molecule has 3 heteroatoms. The zero-order valence-electron chi connectivity index (χ0n) is 11.5. The van der Waals surface area contributed by atoms with Crippen LogP contribution in [0.25, 0.3) is 0 Å². The predicted molar refractivity (Wildman–Crippen MR) is 75.0 cm³/mol. The van der Waals surface area contributed by atoms with E-state index < -0.39 is 0 Å². The van der Waals surface area contributed by atoms with Gasteiger partial charge in [0.15, 0.2) is 0 Å². The minimum Gasteiger partial charge on any atom is -0.388 e. The van der Waals surface area contributed by atoms with Crippen LogP contribution in [-0.2, 0) is 0 Å². The van der Waals surface area contributed by atoms with Crippen LogP contribution in [0.1, 0.15) is 35.2 Å². The van der Waals surface area contributed by atoms with Crippen LogP contribution in [0.15, 0.2) is 18.2 Å². The van der Waals surface area contributed by atoms with Gasteiger partial charge in [-0.2, -0.15) is 0 Å². The Morgan fingerprint density at radius 3 is 2.67 bits per heavy atom. The lowest BCUT2D eigenvalue weighted by molar-refractivity contribution is 0.0745. The van der Waals surface area contributed by atoms with E-state index in [0.717, 1.165) is 29.3 Å². The molecule has 0 aromatic heterocycles. The molecule has 0 unspecified atom stereocenters. The van der Waals surface area contributed by atoms with Gasteiger partial charge in [-0.3, -0.25) is 4.79 Å². The second-order valence-corrected chi connectivity index (χ2v) is 5.26. The Morgan fingerprint density at radius 2 is 2.17 bits per heavy atom. The Kier molecular flexibility index (Phi) is 3.90. The number of anilines is 1. The molecule has 18 heavy (non-hydrogen) atoms. The first-order chi connectivity index (χ1) is 8.61. The minimum atomic E-state index is 0.132. The molecule has 1 fully saturated rings. The van der Waals surface area contributed by atoms with Crippen molar-refractivity contribution >= 4 is 11.6 Å². The van der Waals surface area contributed by atoms with E-state index in [2.05, 4.69) is 5.32 Å². The fourth-order valence-electron chi connectivity index (χ4n) is 2.44. The topological polar surface area (TPSA) is 32.3 Å². The minimum absolute atomic E-state index is 0.132. The number of nitrogens with one attached hydrogen (secondary N) is 1. The van der Waals surface area contributed by atoms with Crippen LogP contribution in [0.2, 0.25) is 0 Å². The third-order valence-electron chi connectivity index (χ3n) is 3.85. The highest BCUT2D eigenvalue weighted by atomic mass is 16.2. The van der Waals surface area contributed by atoms with Gasteiger partial charge in [-0.1, -0.05) is 6.42 Å². The maximum absolute atomic E-state index is 12.3. The second-order valence-electron chi connectivity index (χ2n) is 5.26. The maximum Gasteiger partial charge on any atom is 0.253 e. The normalized spacial score (nSPS) is 15.1. The summed E-state index contributed by atoms with van der Waals surface area (Å²) < 4.78 is 0. The lowest BCUT2D eigenvalue weighted by atomic mass is 9.85. The Hall–Kier alpha value is -1.51. The van der Waals surface area contributed by atoms with Gasteiger partial charge in [0.2, 0.25) is 0 Å². The fraction of sp³-hybridized carbons (Fsp3) is 0.533. The van der Waals surface area contributed by atoms with Crippen molar-refractivity contribution in [1.82, 2.24) is 4.90 Å². The van der Waals surface area contributed by atoms with Crippen LogP contribution >= 0.6 is 0 Å². The Balaban J connectivity index is 2.05. The average Bonchev–Trinajstić information content (AvgIpc) is 2.32. The molecule has 0 bridgehead atoms. The van der Waals surface area contributed by atoms with Gasteiger partial charge in [0.25, 0.3) is 5.91 Å². The van der Waals surface area contributed by atoms with E-state index in [1.165, 1.54) is 19.3 Å². The zero-order valence-corrected chi connectivity index (χ0v) is 11.5. The van der Waals surface area contributed by atoms with Crippen LogP contribution in [0.4, 0.5) is 5.69 Å². The van der Waals surface area contributed by atoms with Crippen LogP contribution in [0.3, 0.4) is 0 Å². The lowest BCUT2D eigenvalue weighted by Gasteiger charge is -2.30. The van der Waals surface area contributed by atoms with Gasteiger partial charge in [0, 0.05) is 31.9 Å². The highest BCUT2D eigenvalue weighted by molar-refractivity contribution is 5.94. The van der Waals surface area contributed by atoms with Crippen molar-refractivity contribution < 1.29 is 4.79 Å². The molecule has 1 aromatic carbocycles. The molecule has 3 nitrogen and oxygen atoms in total. The van der Waals surface area contributed by atoms with Gasteiger partial charge in [-0.05, 0) is 49.4 Å². The average molecular weight is 246 g/mol. The summed E-state index contributed by atoms with van der Waals surface area (Å²) in [6, 6.07) is 5.84. The molecule has 0 heterocycles. The van der Waals surface area contributed by atoms with E-state index in [1.807, 2.05) is 44.1 Å². The highest BCUT2D eigenvalue weighted by Crippen LogP contribution is 2.27. The molecule has 0 aliphatic heterocycles. The van der Waals surface area contributed by atoms with Gasteiger partial charge in [0.05, 0.1) is 0 Å². The molecule has 98 valence electrons. The number of carbonyl (C=O) groups excluding carboxylic acids is 1. The number of benzene rings is 1. The van der Waals surface area contributed by atoms with Crippen molar-refractivity contribution in [1.29, 1.82) is 0 Å². The SMILES string of the molecule is CNc1ccc(C(=O)N(C)CC2CCC2)cc1C. The van der Waals surface area contributed by atoms with E-state index in [0.29, 0.717) is 0 Å².